The molecule has 1 fully saturated rings. The minimum absolute atomic E-state index is 0.473. The number of rotatable bonds is 3. The Morgan fingerprint density at radius 1 is 1.08 bits per heavy atom. The number of hydrogen-bond donors (Lipinski definition) is 1. The van der Waals surface area contributed by atoms with E-state index < -0.39 is 54.3 Å². The molecule has 3 unspecified atom stereocenters. The maximum Gasteiger partial charge on any atom is 0.509 e. The summed E-state index contributed by atoms with van der Waals surface area (Å²) >= 11 is 0. The van der Waals surface area contributed by atoms with E-state index in [-0.39, 0.29) is 0 Å². The van der Waals surface area contributed by atoms with Gasteiger partial charge >= 0.3 is 12.3 Å². The summed E-state index contributed by atoms with van der Waals surface area (Å²) in [6, 6.07) is 0. The van der Waals surface area contributed by atoms with Crippen molar-refractivity contribution in [3.8, 4) is 0 Å². The van der Waals surface area contributed by atoms with Gasteiger partial charge in [-0.3, -0.25) is 0 Å². The van der Waals surface area contributed by atoms with Gasteiger partial charge in [0.25, 0.3) is 0 Å². The first-order valence-corrected chi connectivity index (χ1v) is 7.89. The summed E-state index contributed by atoms with van der Waals surface area (Å²) in [6.07, 6.45) is -6.72. The van der Waals surface area contributed by atoms with Gasteiger partial charge in [-0.25, -0.2) is 14.0 Å². The van der Waals surface area contributed by atoms with E-state index in [1.54, 1.807) is 41.5 Å². The second-order valence-corrected chi connectivity index (χ2v) is 7.96. The van der Waals surface area contributed by atoms with Crippen LogP contribution in [-0.4, -0.2) is 59.4 Å². The van der Waals surface area contributed by atoms with Gasteiger partial charge in [0.05, 0.1) is 0 Å². The molecule has 0 aromatic rings. The molecule has 0 aliphatic carbocycles. The minimum atomic E-state index is -2.40. The first-order valence-electron chi connectivity index (χ1n) is 7.89. The number of aliphatic hydroxyl groups excluding tert-OH is 1. The van der Waals surface area contributed by atoms with Crippen LogP contribution in [0.15, 0.2) is 0 Å². The van der Waals surface area contributed by atoms with E-state index in [1.807, 2.05) is 0 Å². The molecule has 1 aliphatic rings. The Kier molecular flexibility index (Phi) is 6.28. The van der Waals surface area contributed by atoms with Crippen molar-refractivity contribution in [1.29, 1.82) is 0 Å². The van der Waals surface area contributed by atoms with E-state index in [0.29, 0.717) is 0 Å². The van der Waals surface area contributed by atoms with Crippen molar-refractivity contribution in [2.45, 2.75) is 83.8 Å². The second-order valence-electron chi connectivity index (χ2n) is 7.96. The summed E-state index contributed by atoms with van der Waals surface area (Å²) in [7, 11) is 0. The van der Waals surface area contributed by atoms with Gasteiger partial charge in [0.2, 0.25) is 0 Å². The van der Waals surface area contributed by atoms with Crippen LogP contribution >= 0.6 is 0 Å². The highest BCUT2D eigenvalue weighted by atomic mass is 19.1. The molecule has 4 atom stereocenters. The molecule has 1 heterocycles. The van der Waals surface area contributed by atoms with E-state index in [2.05, 4.69) is 0 Å². The number of carbonyl (C=O) groups is 2. The van der Waals surface area contributed by atoms with E-state index in [1.165, 1.54) is 0 Å². The largest absolute Gasteiger partial charge is 0.509 e. The van der Waals surface area contributed by atoms with Gasteiger partial charge in [-0.05, 0) is 48.5 Å². The normalized spacial score (nSPS) is 29.9. The fourth-order valence-corrected chi connectivity index (χ4v) is 2.00. The van der Waals surface area contributed by atoms with Gasteiger partial charge in [0, 0.05) is 0 Å². The van der Waals surface area contributed by atoms with Crippen molar-refractivity contribution in [3.63, 3.8) is 0 Å². The lowest BCUT2D eigenvalue weighted by molar-refractivity contribution is -0.145. The third-order valence-electron chi connectivity index (χ3n) is 3.05. The molecule has 0 saturated carbocycles. The lowest BCUT2D eigenvalue weighted by Crippen LogP contribution is -2.46. The number of alkyl halides is 1. The summed E-state index contributed by atoms with van der Waals surface area (Å²) in [5.41, 5.74) is -4.02. The molecule has 1 N–H and O–H groups in total. The van der Waals surface area contributed by atoms with E-state index in [9.17, 15) is 19.1 Å². The number of aliphatic hydroxyl groups is 1. The Hall–Kier alpha value is -1.61. The molecular formula is C16H27FO8. The van der Waals surface area contributed by atoms with Crippen LogP contribution in [0.1, 0.15) is 48.5 Å². The van der Waals surface area contributed by atoms with E-state index in [4.69, 9.17) is 23.7 Å². The van der Waals surface area contributed by atoms with Gasteiger partial charge in [-0.1, -0.05) is 0 Å². The van der Waals surface area contributed by atoms with Crippen LogP contribution in [0, 0.1) is 0 Å². The molecule has 8 nitrogen and oxygen atoms in total. The van der Waals surface area contributed by atoms with Crippen molar-refractivity contribution < 1.29 is 42.8 Å². The molecule has 9 heteroatoms. The van der Waals surface area contributed by atoms with Crippen LogP contribution in [0.4, 0.5) is 14.0 Å². The highest BCUT2D eigenvalue weighted by molar-refractivity contribution is 5.61. The average Bonchev–Trinajstić information content (AvgIpc) is 2.55. The van der Waals surface area contributed by atoms with Gasteiger partial charge < -0.3 is 28.8 Å². The summed E-state index contributed by atoms with van der Waals surface area (Å²) < 4.78 is 39.4. The highest BCUT2D eigenvalue weighted by Crippen LogP contribution is 2.36. The van der Waals surface area contributed by atoms with Gasteiger partial charge in [-0.2, -0.15) is 0 Å². The Balaban J connectivity index is 2.73. The van der Waals surface area contributed by atoms with Crippen molar-refractivity contribution in [1.82, 2.24) is 0 Å². The summed E-state index contributed by atoms with van der Waals surface area (Å²) in [4.78, 5) is 23.4. The zero-order valence-electron chi connectivity index (χ0n) is 15.6. The fourth-order valence-electron chi connectivity index (χ4n) is 2.00. The van der Waals surface area contributed by atoms with Crippen molar-refractivity contribution >= 4 is 12.3 Å². The lowest BCUT2D eigenvalue weighted by atomic mass is 10.00. The number of hydrogen-bond acceptors (Lipinski definition) is 8. The van der Waals surface area contributed by atoms with Crippen LogP contribution in [0.25, 0.3) is 0 Å². The van der Waals surface area contributed by atoms with Gasteiger partial charge in [-0.15, -0.1) is 0 Å². The fraction of sp³-hybridized carbons (Fsp3) is 0.875. The molecule has 0 amide bonds. The maximum atomic E-state index is 14.6. The molecule has 1 saturated heterocycles. The smallest absolute Gasteiger partial charge is 0.431 e. The van der Waals surface area contributed by atoms with E-state index >= 15 is 0 Å². The Bertz CT molecular complexity index is 491. The van der Waals surface area contributed by atoms with Gasteiger partial charge in [0.15, 0.2) is 18.1 Å². The molecule has 1 rings (SSSR count). The average molecular weight is 366 g/mol. The Labute approximate surface area is 146 Å². The molecule has 0 aromatic carbocycles. The molecule has 0 radical (unpaired) electrons. The van der Waals surface area contributed by atoms with Crippen LogP contribution in [0.3, 0.4) is 0 Å². The molecule has 25 heavy (non-hydrogen) atoms. The Morgan fingerprint density at radius 3 is 2.04 bits per heavy atom. The third-order valence-corrected chi connectivity index (χ3v) is 3.05. The summed E-state index contributed by atoms with van der Waals surface area (Å²) in [5.74, 6) is 0. The standard InChI is InChI=1S/C16H27FO8/c1-14(2,3)24-12(19)21-8-9-10(16(7,17)11(18)22-9)23-13(20)25-15(4,5)6/h9-11,18H,8H2,1-7H3/t9?,10?,11?,16-/m1/s1. The predicted octanol–water partition coefficient (Wildman–Crippen LogP) is 2.70. The molecular weight excluding hydrogens is 339 g/mol. The molecule has 0 bridgehead atoms. The second kappa shape index (κ2) is 7.33. The van der Waals surface area contributed by atoms with Crippen molar-refractivity contribution in [3.05, 3.63) is 0 Å². The topological polar surface area (TPSA) is 101 Å². The van der Waals surface area contributed by atoms with Crippen LogP contribution in [0.5, 0.6) is 0 Å². The summed E-state index contributed by atoms with van der Waals surface area (Å²) in [6.45, 7) is 10.3. The Morgan fingerprint density at radius 2 is 1.56 bits per heavy atom. The van der Waals surface area contributed by atoms with E-state index in [0.717, 1.165) is 6.92 Å². The van der Waals surface area contributed by atoms with Crippen LogP contribution in [-0.2, 0) is 23.7 Å². The third kappa shape index (κ3) is 6.66. The van der Waals surface area contributed by atoms with Crippen molar-refractivity contribution in [2.24, 2.45) is 0 Å². The number of carbonyl (C=O) groups excluding carboxylic acids is 2. The SMILES string of the molecule is CC(C)(C)OC(=O)OCC1OC(O)[C@](C)(F)C1OC(=O)OC(C)(C)C. The molecule has 146 valence electrons. The zero-order valence-corrected chi connectivity index (χ0v) is 15.6. The number of ether oxygens (including phenoxy) is 5. The first-order chi connectivity index (χ1) is 11.1. The van der Waals surface area contributed by atoms with Gasteiger partial charge in [0.1, 0.15) is 23.9 Å². The first kappa shape index (κ1) is 21.4. The highest BCUT2D eigenvalue weighted by Gasteiger charge is 2.57. The minimum Gasteiger partial charge on any atom is -0.431 e. The molecule has 1 aliphatic heterocycles. The quantitative estimate of drug-likeness (QED) is 0.761. The van der Waals surface area contributed by atoms with Crippen LogP contribution < -0.4 is 0 Å². The summed E-state index contributed by atoms with van der Waals surface area (Å²) in [5, 5.41) is 9.69. The van der Waals surface area contributed by atoms with Crippen molar-refractivity contribution in [2.75, 3.05) is 6.61 Å². The molecule has 0 spiro atoms. The lowest BCUT2D eigenvalue weighted by Gasteiger charge is -2.27. The monoisotopic (exact) mass is 366 g/mol. The van der Waals surface area contributed by atoms with Crippen LogP contribution in [0.2, 0.25) is 0 Å². The zero-order chi connectivity index (χ0) is 19.6. The number of halogens is 1. The molecule has 0 aromatic heterocycles. The maximum absolute atomic E-state index is 14.6. The predicted molar refractivity (Wildman–Crippen MR) is 83.7 cm³/mol.